The van der Waals surface area contributed by atoms with Gasteiger partial charge in [0.15, 0.2) is 5.82 Å². The van der Waals surface area contributed by atoms with E-state index in [4.69, 9.17) is 0 Å². The Morgan fingerprint density at radius 1 is 1.33 bits per heavy atom. The number of hydrogen-bond donors (Lipinski definition) is 1. The zero-order chi connectivity index (χ0) is 13.1. The normalized spacial score (nSPS) is 10.1. The summed E-state index contributed by atoms with van der Waals surface area (Å²) in [6.07, 6.45) is 1.66. The Hall–Kier alpha value is -2.70. The van der Waals surface area contributed by atoms with Crippen molar-refractivity contribution in [1.82, 2.24) is 9.78 Å². The molecule has 1 aromatic heterocycles. The predicted octanol–water partition coefficient (Wildman–Crippen LogP) is 1.74. The lowest BCUT2D eigenvalue weighted by atomic mass is 10.3. The van der Waals surface area contributed by atoms with Gasteiger partial charge in [-0.25, -0.2) is 4.68 Å². The van der Waals surface area contributed by atoms with Crippen molar-refractivity contribution in [2.75, 3.05) is 5.32 Å². The first-order valence-corrected chi connectivity index (χ1v) is 5.14. The van der Waals surface area contributed by atoms with Crippen molar-refractivity contribution in [3.8, 4) is 5.69 Å². The van der Waals surface area contributed by atoms with Gasteiger partial charge >= 0.3 is 0 Å². The zero-order valence-corrected chi connectivity index (χ0v) is 9.53. The average molecular weight is 246 g/mol. The van der Waals surface area contributed by atoms with E-state index in [-0.39, 0.29) is 11.6 Å². The summed E-state index contributed by atoms with van der Waals surface area (Å²) < 4.78 is 1.52. The number of hydrogen-bond acceptors (Lipinski definition) is 4. The Morgan fingerprint density at radius 3 is 2.56 bits per heavy atom. The van der Waals surface area contributed by atoms with Gasteiger partial charge in [0.2, 0.25) is 5.91 Å². The molecule has 0 bridgehead atoms. The van der Waals surface area contributed by atoms with Crippen LogP contribution in [0, 0.1) is 10.1 Å². The number of carbonyl (C=O) groups is 1. The summed E-state index contributed by atoms with van der Waals surface area (Å²) in [4.78, 5) is 20.9. The van der Waals surface area contributed by atoms with E-state index in [1.165, 1.54) is 23.7 Å². The fourth-order valence-electron chi connectivity index (χ4n) is 1.44. The largest absolute Gasteiger partial charge is 0.309 e. The van der Waals surface area contributed by atoms with Crippen LogP contribution >= 0.6 is 0 Å². The molecule has 0 atom stereocenters. The van der Waals surface area contributed by atoms with Crippen molar-refractivity contribution in [3.05, 3.63) is 46.6 Å². The lowest BCUT2D eigenvalue weighted by Crippen LogP contribution is -2.06. The van der Waals surface area contributed by atoms with E-state index in [1.54, 1.807) is 24.4 Å². The number of anilines is 1. The number of nitro benzene ring substituents is 1. The average Bonchev–Trinajstić information content (AvgIpc) is 2.76. The Balaban J connectivity index is 2.23. The van der Waals surface area contributed by atoms with Gasteiger partial charge in [-0.1, -0.05) is 0 Å². The van der Waals surface area contributed by atoms with E-state index in [0.29, 0.717) is 11.5 Å². The minimum Gasteiger partial charge on any atom is -0.309 e. The summed E-state index contributed by atoms with van der Waals surface area (Å²) in [5.41, 5.74) is 0.699. The molecule has 92 valence electrons. The smallest absolute Gasteiger partial charge is 0.269 e. The van der Waals surface area contributed by atoms with E-state index in [2.05, 4.69) is 10.4 Å². The van der Waals surface area contributed by atoms with Crippen molar-refractivity contribution in [3.63, 3.8) is 0 Å². The molecule has 0 unspecified atom stereocenters. The molecule has 0 saturated heterocycles. The van der Waals surface area contributed by atoms with Crippen molar-refractivity contribution < 1.29 is 9.72 Å². The maximum atomic E-state index is 10.8. The van der Waals surface area contributed by atoms with Crippen LogP contribution in [0.5, 0.6) is 0 Å². The van der Waals surface area contributed by atoms with Gasteiger partial charge in [-0.3, -0.25) is 14.9 Å². The minimum absolute atomic E-state index is 0.0213. The molecule has 0 saturated carbocycles. The quantitative estimate of drug-likeness (QED) is 0.659. The van der Waals surface area contributed by atoms with Gasteiger partial charge in [-0.15, -0.1) is 0 Å². The van der Waals surface area contributed by atoms with E-state index in [0.717, 1.165) is 0 Å². The van der Waals surface area contributed by atoms with Gasteiger partial charge in [-0.05, 0) is 12.1 Å². The molecule has 7 heteroatoms. The van der Waals surface area contributed by atoms with E-state index in [9.17, 15) is 14.9 Å². The topological polar surface area (TPSA) is 90.1 Å². The highest BCUT2D eigenvalue weighted by molar-refractivity contribution is 5.87. The number of rotatable bonds is 3. The molecule has 0 aliphatic carbocycles. The molecule has 0 spiro atoms. The Morgan fingerprint density at radius 2 is 2.00 bits per heavy atom. The summed E-state index contributed by atoms with van der Waals surface area (Å²) in [7, 11) is 0. The van der Waals surface area contributed by atoms with Gasteiger partial charge < -0.3 is 5.32 Å². The van der Waals surface area contributed by atoms with Crippen LogP contribution in [0.4, 0.5) is 11.5 Å². The van der Waals surface area contributed by atoms with Gasteiger partial charge in [0.05, 0.1) is 10.6 Å². The number of carbonyl (C=O) groups excluding carboxylic acids is 1. The summed E-state index contributed by atoms with van der Waals surface area (Å²) in [6.45, 7) is 1.39. The van der Waals surface area contributed by atoms with E-state index in [1.807, 2.05) is 0 Å². The van der Waals surface area contributed by atoms with Crippen molar-refractivity contribution in [1.29, 1.82) is 0 Å². The van der Waals surface area contributed by atoms with Crippen molar-refractivity contribution in [2.24, 2.45) is 0 Å². The highest BCUT2D eigenvalue weighted by atomic mass is 16.6. The molecule has 1 amide bonds. The van der Waals surface area contributed by atoms with Gasteiger partial charge in [0.25, 0.3) is 5.69 Å². The molecule has 1 N–H and O–H groups in total. The number of nitro groups is 1. The number of non-ortho nitro benzene ring substituents is 1. The van der Waals surface area contributed by atoms with Gasteiger partial charge in [-0.2, -0.15) is 5.10 Å². The third-order valence-electron chi connectivity index (χ3n) is 2.22. The van der Waals surface area contributed by atoms with Crippen LogP contribution in [-0.4, -0.2) is 20.6 Å². The van der Waals surface area contributed by atoms with Crippen LogP contribution < -0.4 is 5.32 Å². The second kappa shape index (κ2) is 4.66. The molecular formula is C11H10N4O3. The molecule has 2 aromatic rings. The summed E-state index contributed by atoms with van der Waals surface area (Å²) in [5.74, 6) is 0.227. The summed E-state index contributed by atoms with van der Waals surface area (Å²) in [6, 6.07) is 7.61. The van der Waals surface area contributed by atoms with Crippen molar-refractivity contribution >= 4 is 17.4 Å². The Bertz CT molecular complexity index is 589. The van der Waals surface area contributed by atoms with Crippen molar-refractivity contribution in [2.45, 2.75) is 6.92 Å². The van der Waals surface area contributed by atoms with E-state index < -0.39 is 4.92 Å². The van der Waals surface area contributed by atoms with Crippen LogP contribution in [0.1, 0.15) is 6.92 Å². The minimum atomic E-state index is -0.463. The first kappa shape index (κ1) is 11.8. The number of benzene rings is 1. The van der Waals surface area contributed by atoms with Crippen LogP contribution in [0.3, 0.4) is 0 Å². The molecule has 18 heavy (non-hydrogen) atoms. The third kappa shape index (κ3) is 2.51. The SMILES string of the molecule is CC(=O)Nc1ccn(-c2ccc([N+](=O)[O-])cc2)n1. The molecule has 0 aliphatic heterocycles. The molecule has 1 aromatic carbocycles. The molecule has 0 fully saturated rings. The molecule has 0 radical (unpaired) electrons. The number of amides is 1. The predicted molar refractivity (Wildman–Crippen MR) is 64.5 cm³/mol. The Kier molecular flexibility index (Phi) is 3.05. The summed E-state index contributed by atoms with van der Waals surface area (Å²) in [5, 5.41) is 17.2. The molecular weight excluding hydrogens is 236 g/mol. The van der Waals surface area contributed by atoms with Crippen LogP contribution in [0.15, 0.2) is 36.5 Å². The maximum Gasteiger partial charge on any atom is 0.269 e. The third-order valence-corrected chi connectivity index (χ3v) is 2.22. The lowest BCUT2D eigenvalue weighted by molar-refractivity contribution is -0.384. The number of aromatic nitrogens is 2. The first-order chi connectivity index (χ1) is 8.56. The van der Waals surface area contributed by atoms with Crippen LogP contribution in [0.25, 0.3) is 5.69 Å². The fourth-order valence-corrected chi connectivity index (χ4v) is 1.44. The Labute approximate surface area is 102 Å². The van der Waals surface area contributed by atoms with Crippen LogP contribution in [-0.2, 0) is 4.79 Å². The number of nitrogens with one attached hydrogen (secondary N) is 1. The highest BCUT2D eigenvalue weighted by Crippen LogP contribution is 2.15. The van der Waals surface area contributed by atoms with Gasteiger partial charge in [0, 0.05) is 31.3 Å². The number of nitrogens with zero attached hydrogens (tertiary/aromatic N) is 3. The molecule has 0 aliphatic rings. The van der Waals surface area contributed by atoms with Gasteiger partial charge in [0.1, 0.15) is 0 Å². The standard InChI is InChI=1S/C11H10N4O3/c1-8(16)12-11-6-7-14(13-11)9-2-4-10(5-3-9)15(17)18/h2-7H,1H3,(H,12,13,16). The first-order valence-electron chi connectivity index (χ1n) is 5.14. The fraction of sp³-hybridized carbons (Fsp3) is 0.0909. The highest BCUT2D eigenvalue weighted by Gasteiger charge is 2.06. The molecule has 1 heterocycles. The van der Waals surface area contributed by atoms with E-state index >= 15 is 0 Å². The summed E-state index contributed by atoms with van der Waals surface area (Å²) >= 11 is 0. The molecule has 2 rings (SSSR count). The van der Waals surface area contributed by atoms with Crippen LogP contribution in [0.2, 0.25) is 0 Å². The maximum absolute atomic E-state index is 10.8. The lowest BCUT2D eigenvalue weighted by Gasteiger charge is -2.00. The molecule has 7 nitrogen and oxygen atoms in total. The zero-order valence-electron chi connectivity index (χ0n) is 9.53. The second-order valence-electron chi connectivity index (χ2n) is 3.60. The second-order valence-corrected chi connectivity index (χ2v) is 3.60. The monoisotopic (exact) mass is 246 g/mol.